The van der Waals surface area contributed by atoms with Gasteiger partial charge in [-0.05, 0) is 13.2 Å². The lowest BCUT2D eigenvalue weighted by Gasteiger charge is -2.23. The predicted molar refractivity (Wildman–Crippen MR) is 61.5 cm³/mol. The molecule has 5 nitrogen and oxygen atoms in total. The van der Waals surface area contributed by atoms with Gasteiger partial charge in [0.1, 0.15) is 6.04 Å². The highest BCUT2D eigenvalue weighted by Crippen LogP contribution is 2.23. The number of rotatable bonds is 4. The number of aliphatic carboxylic acids is 1. The number of thioether (sulfide) groups is 1. The van der Waals surface area contributed by atoms with Crippen LogP contribution in [0.15, 0.2) is 0 Å². The van der Waals surface area contributed by atoms with E-state index in [1.165, 1.54) is 23.8 Å². The molecular formula is C10H17NO4S. The number of likely N-dealkylation sites (tertiary alicyclic amines) is 1. The molecular weight excluding hydrogens is 230 g/mol. The van der Waals surface area contributed by atoms with E-state index in [-0.39, 0.29) is 17.3 Å². The average Bonchev–Trinajstić information content (AvgIpc) is 2.71. The van der Waals surface area contributed by atoms with E-state index in [4.69, 9.17) is 9.84 Å². The van der Waals surface area contributed by atoms with Crippen molar-refractivity contribution < 1.29 is 19.4 Å². The van der Waals surface area contributed by atoms with Crippen molar-refractivity contribution in [3.63, 3.8) is 0 Å². The molecule has 1 saturated heterocycles. The minimum Gasteiger partial charge on any atom is -0.480 e. The topological polar surface area (TPSA) is 66.8 Å². The second kappa shape index (κ2) is 5.54. The summed E-state index contributed by atoms with van der Waals surface area (Å²) >= 11 is 1.42. The van der Waals surface area contributed by atoms with Crippen LogP contribution in [0, 0.1) is 0 Å². The van der Waals surface area contributed by atoms with Gasteiger partial charge in [-0.1, -0.05) is 0 Å². The van der Waals surface area contributed by atoms with E-state index < -0.39 is 12.0 Å². The highest BCUT2D eigenvalue weighted by molar-refractivity contribution is 7.99. The third kappa shape index (κ3) is 2.68. The molecule has 0 aliphatic carbocycles. The molecule has 0 spiro atoms. The number of hydrogen-bond acceptors (Lipinski definition) is 4. The number of carboxylic acid groups (broad SMARTS) is 1. The number of methoxy groups -OCH3 is 1. The minimum atomic E-state index is -0.957. The first kappa shape index (κ1) is 13.3. The molecule has 1 aliphatic heterocycles. The fourth-order valence-electron chi connectivity index (χ4n) is 1.78. The lowest BCUT2D eigenvalue weighted by Crippen LogP contribution is -2.44. The Labute approximate surface area is 99.1 Å². The Morgan fingerprint density at radius 3 is 2.62 bits per heavy atom. The van der Waals surface area contributed by atoms with Crippen LogP contribution in [0.25, 0.3) is 0 Å². The summed E-state index contributed by atoms with van der Waals surface area (Å²) in [6.45, 7) is 2.16. The zero-order chi connectivity index (χ0) is 12.3. The van der Waals surface area contributed by atoms with Crippen LogP contribution in [0.1, 0.15) is 13.3 Å². The second-order valence-electron chi connectivity index (χ2n) is 3.82. The first-order valence-corrected chi connectivity index (χ1v) is 6.39. The van der Waals surface area contributed by atoms with Crippen LogP contribution in [0.2, 0.25) is 0 Å². The van der Waals surface area contributed by atoms with Gasteiger partial charge < -0.3 is 14.7 Å². The van der Waals surface area contributed by atoms with Crippen molar-refractivity contribution in [3.05, 3.63) is 0 Å². The second-order valence-corrected chi connectivity index (χ2v) is 4.99. The summed E-state index contributed by atoms with van der Waals surface area (Å²) < 4.78 is 5.12. The third-order valence-electron chi connectivity index (χ3n) is 2.87. The van der Waals surface area contributed by atoms with Crippen LogP contribution in [-0.2, 0) is 14.3 Å². The van der Waals surface area contributed by atoms with Gasteiger partial charge in [-0.15, -0.1) is 0 Å². The van der Waals surface area contributed by atoms with Gasteiger partial charge in [0.2, 0.25) is 5.91 Å². The van der Waals surface area contributed by atoms with Crippen molar-refractivity contribution in [3.8, 4) is 0 Å². The molecule has 0 aromatic carbocycles. The van der Waals surface area contributed by atoms with Crippen LogP contribution in [0.3, 0.4) is 0 Å². The summed E-state index contributed by atoms with van der Waals surface area (Å²) in [6.07, 6.45) is 2.04. The van der Waals surface area contributed by atoms with Gasteiger partial charge in [-0.3, -0.25) is 4.79 Å². The van der Waals surface area contributed by atoms with Crippen molar-refractivity contribution in [2.45, 2.75) is 30.7 Å². The van der Waals surface area contributed by atoms with Crippen LogP contribution < -0.4 is 0 Å². The van der Waals surface area contributed by atoms with E-state index in [1.807, 2.05) is 6.26 Å². The van der Waals surface area contributed by atoms with Crippen molar-refractivity contribution in [2.75, 3.05) is 19.9 Å². The van der Waals surface area contributed by atoms with E-state index >= 15 is 0 Å². The molecule has 6 heteroatoms. The van der Waals surface area contributed by atoms with Crippen molar-refractivity contribution in [2.24, 2.45) is 0 Å². The molecule has 1 rings (SSSR count). The summed E-state index contributed by atoms with van der Waals surface area (Å²) in [5.74, 6) is -1.08. The fourth-order valence-corrected chi connectivity index (χ4v) is 2.12. The van der Waals surface area contributed by atoms with Gasteiger partial charge in [-0.2, -0.15) is 11.8 Å². The van der Waals surface area contributed by atoms with Gasteiger partial charge in [-0.25, -0.2) is 4.79 Å². The molecule has 3 atom stereocenters. The molecule has 3 unspecified atom stereocenters. The number of carbonyl (C=O) groups excluding carboxylic acids is 1. The Bertz CT molecular complexity index is 284. The van der Waals surface area contributed by atoms with E-state index in [9.17, 15) is 9.59 Å². The fraction of sp³-hybridized carbons (Fsp3) is 0.800. The molecule has 0 saturated carbocycles. The Balaban J connectivity index is 2.76. The standard InChI is InChI=1S/C10H17NO4S/c1-6(16-3)9(12)11-5-7(15-2)4-8(11)10(13)14/h6-8H,4-5H2,1-3H3,(H,13,14). The van der Waals surface area contributed by atoms with Gasteiger partial charge in [0.15, 0.2) is 0 Å². The molecule has 0 radical (unpaired) electrons. The Morgan fingerprint density at radius 1 is 1.56 bits per heavy atom. The molecule has 0 aromatic heterocycles. The zero-order valence-electron chi connectivity index (χ0n) is 9.67. The number of hydrogen-bond donors (Lipinski definition) is 1. The lowest BCUT2D eigenvalue weighted by molar-refractivity contribution is -0.147. The molecule has 1 aliphatic rings. The number of carbonyl (C=O) groups is 2. The quantitative estimate of drug-likeness (QED) is 0.780. The lowest BCUT2D eigenvalue weighted by atomic mass is 10.2. The number of carboxylic acids is 1. The zero-order valence-corrected chi connectivity index (χ0v) is 10.5. The monoisotopic (exact) mass is 247 g/mol. The van der Waals surface area contributed by atoms with Crippen LogP contribution in [-0.4, -0.2) is 59.2 Å². The summed E-state index contributed by atoms with van der Waals surface area (Å²) in [4.78, 5) is 24.4. The predicted octanol–water partition coefficient (Wildman–Crippen LogP) is 0.438. The summed E-state index contributed by atoms with van der Waals surface area (Å²) in [5.41, 5.74) is 0. The van der Waals surface area contributed by atoms with Crippen LogP contribution in [0.4, 0.5) is 0 Å². The Morgan fingerprint density at radius 2 is 2.19 bits per heavy atom. The number of amides is 1. The average molecular weight is 247 g/mol. The number of ether oxygens (including phenoxy) is 1. The smallest absolute Gasteiger partial charge is 0.326 e. The first-order valence-electron chi connectivity index (χ1n) is 5.10. The van der Waals surface area contributed by atoms with Gasteiger partial charge in [0.05, 0.1) is 11.4 Å². The van der Waals surface area contributed by atoms with E-state index in [2.05, 4.69) is 0 Å². The van der Waals surface area contributed by atoms with Crippen molar-refractivity contribution in [1.29, 1.82) is 0 Å². The summed E-state index contributed by atoms with van der Waals surface area (Å²) in [6, 6.07) is -0.743. The van der Waals surface area contributed by atoms with Crippen molar-refractivity contribution >= 4 is 23.6 Å². The van der Waals surface area contributed by atoms with Crippen molar-refractivity contribution in [1.82, 2.24) is 4.90 Å². The van der Waals surface area contributed by atoms with E-state index in [0.29, 0.717) is 13.0 Å². The van der Waals surface area contributed by atoms with Gasteiger partial charge in [0, 0.05) is 20.1 Å². The number of nitrogens with zero attached hydrogens (tertiary/aromatic N) is 1. The van der Waals surface area contributed by atoms with E-state index in [1.54, 1.807) is 6.92 Å². The SMILES string of the molecule is COC1CC(C(=O)O)N(C(=O)C(C)SC)C1. The van der Waals surface area contributed by atoms with Crippen LogP contribution >= 0.6 is 11.8 Å². The summed E-state index contributed by atoms with van der Waals surface area (Å²) in [5, 5.41) is 8.83. The maximum absolute atomic E-state index is 11.9. The minimum absolute atomic E-state index is 0.126. The molecule has 0 aromatic rings. The van der Waals surface area contributed by atoms with Crippen LogP contribution in [0.5, 0.6) is 0 Å². The molecule has 0 bridgehead atoms. The molecule has 1 amide bonds. The largest absolute Gasteiger partial charge is 0.480 e. The molecule has 1 N–H and O–H groups in total. The molecule has 92 valence electrons. The molecule has 1 heterocycles. The first-order chi connectivity index (χ1) is 7.51. The highest BCUT2D eigenvalue weighted by atomic mass is 32.2. The maximum Gasteiger partial charge on any atom is 0.326 e. The maximum atomic E-state index is 11.9. The molecule has 1 fully saturated rings. The Kier molecular flexibility index (Phi) is 4.61. The van der Waals surface area contributed by atoms with Gasteiger partial charge in [0.25, 0.3) is 0 Å². The highest BCUT2D eigenvalue weighted by Gasteiger charge is 2.40. The summed E-state index contributed by atoms with van der Waals surface area (Å²) in [7, 11) is 1.54. The van der Waals surface area contributed by atoms with E-state index in [0.717, 1.165) is 0 Å². The normalized spacial score (nSPS) is 26.8. The third-order valence-corrected chi connectivity index (χ3v) is 3.77. The van der Waals surface area contributed by atoms with Gasteiger partial charge >= 0.3 is 5.97 Å². The molecule has 16 heavy (non-hydrogen) atoms. The Hall–Kier alpha value is -0.750.